The summed E-state index contributed by atoms with van der Waals surface area (Å²) in [6.45, 7) is 0.913. The first-order valence-electron chi connectivity index (χ1n) is 5.80. The SMILES string of the molecule is N#Cc1cccc(OCCOc2ccccc2I)c1. The van der Waals surface area contributed by atoms with Crippen molar-refractivity contribution < 1.29 is 9.47 Å². The maximum atomic E-state index is 8.78. The average molecular weight is 365 g/mol. The topological polar surface area (TPSA) is 42.2 Å². The van der Waals surface area contributed by atoms with E-state index in [9.17, 15) is 0 Å². The Kier molecular flexibility index (Phi) is 5.04. The summed E-state index contributed by atoms with van der Waals surface area (Å²) in [4.78, 5) is 0. The van der Waals surface area contributed by atoms with E-state index in [2.05, 4.69) is 28.7 Å². The van der Waals surface area contributed by atoms with Crippen molar-refractivity contribution in [2.45, 2.75) is 0 Å². The molecule has 2 rings (SSSR count). The summed E-state index contributed by atoms with van der Waals surface area (Å²) >= 11 is 2.23. The molecule has 2 aromatic rings. The zero-order chi connectivity index (χ0) is 13.5. The van der Waals surface area contributed by atoms with Gasteiger partial charge in [-0.15, -0.1) is 0 Å². The van der Waals surface area contributed by atoms with Crippen LogP contribution in [0.3, 0.4) is 0 Å². The molecule has 19 heavy (non-hydrogen) atoms. The van der Waals surface area contributed by atoms with E-state index >= 15 is 0 Å². The molecule has 0 amide bonds. The summed E-state index contributed by atoms with van der Waals surface area (Å²) < 4.78 is 12.2. The molecule has 0 heterocycles. The van der Waals surface area contributed by atoms with Crippen LogP contribution in [0.2, 0.25) is 0 Å². The molecule has 0 aliphatic rings. The molecule has 0 spiro atoms. The largest absolute Gasteiger partial charge is 0.490 e. The maximum Gasteiger partial charge on any atom is 0.132 e. The van der Waals surface area contributed by atoms with Crippen LogP contribution in [0.4, 0.5) is 0 Å². The van der Waals surface area contributed by atoms with Crippen molar-refractivity contribution >= 4 is 22.6 Å². The Hall–Kier alpha value is -1.74. The van der Waals surface area contributed by atoms with Crippen molar-refractivity contribution in [3.63, 3.8) is 0 Å². The highest BCUT2D eigenvalue weighted by molar-refractivity contribution is 14.1. The van der Waals surface area contributed by atoms with Gasteiger partial charge in [-0.2, -0.15) is 5.26 Å². The summed E-state index contributed by atoms with van der Waals surface area (Å²) in [5.74, 6) is 1.54. The molecule has 0 saturated heterocycles. The van der Waals surface area contributed by atoms with Gasteiger partial charge in [-0.3, -0.25) is 0 Å². The minimum Gasteiger partial charge on any atom is -0.490 e. The van der Waals surface area contributed by atoms with Gasteiger partial charge in [-0.1, -0.05) is 18.2 Å². The van der Waals surface area contributed by atoms with Gasteiger partial charge in [-0.25, -0.2) is 0 Å². The first-order valence-corrected chi connectivity index (χ1v) is 6.88. The normalized spacial score (nSPS) is 9.68. The second-order valence-electron chi connectivity index (χ2n) is 3.77. The number of hydrogen-bond donors (Lipinski definition) is 0. The second-order valence-corrected chi connectivity index (χ2v) is 4.93. The van der Waals surface area contributed by atoms with Crippen molar-refractivity contribution in [2.24, 2.45) is 0 Å². The van der Waals surface area contributed by atoms with Crippen molar-refractivity contribution in [2.75, 3.05) is 13.2 Å². The molecule has 0 bridgehead atoms. The number of nitriles is 1. The van der Waals surface area contributed by atoms with E-state index in [1.165, 1.54) is 0 Å². The molecule has 0 atom stereocenters. The summed E-state index contributed by atoms with van der Waals surface area (Å²) in [6.07, 6.45) is 0. The Bertz CT molecular complexity index is 593. The lowest BCUT2D eigenvalue weighted by molar-refractivity contribution is 0.216. The molecule has 0 aliphatic heterocycles. The van der Waals surface area contributed by atoms with Crippen LogP contribution in [0.5, 0.6) is 11.5 Å². The summed E-state index contributed by atoms with van der Waals surface area (Å²) in [7, 11) is 0. The quantitative estimate of drug-likeness (QED) is 0.601. The van der Waals surface area contributed by atoms with E-state index < -0.39 is 0 Å². The summed E-state index contributed by atoms with van der Waals surface area (Å²) in [5, 5.41) is 8.78. The van der Waals surface area contributed by atoms with Gasteiger partial charge < -0.3 is 9.47 Å². The van der Waals surface area contributed by atoms with Crippen molar-refractivity contribution in [3.8, 4) is 17.6 Å². The van der Waals surface area contributed by atoms with Crippen LogP contribution >= 0.6 is 22.6 Å². The molecule has 0 radical (unpaired) electrons. The first kappa shape index (κ1) is 13.7. The number of benzene rings is 2. The summed E-state index contributed by atoms with van der Waals surface area (Å²) in [6, 6.07) is 17.0. The molecular weight excluding hydrogens is 353 g/mol. The second kappa shape index (κ2) is 7.00. The molecule has 0 saturated carbocycles. The minimum absolute atomic E-state index is 0.444. The lowest BCUT2D eigenvalue weighted by atomic mass is 10.2. The van der Waals surface area contributed by atoms with Gasteiger partial charge in [0.05, 0.1) is 15.2 Å². The summed E-state index contributed by atoms with van der Waals surface area (Å²) in [5.41, 5.74) is 0.594. The zero-order valence-corrected chi connectivity index (χ0v) is 12.3. The van der Waals surface area contributed by atoms with Gasteiger partial charge >= 0.3 is 0 Å². The smallest absolute Gasteiger partial charge is 0.132 e. The first-order chi connectivity index (χ1) is 9.29. The zero-order valence-electron chi connectivity index (χ0n) is 10.2. The molecular formula is C15H12INO2. The van der Waals surface area contributed by atoms with E-state index in [0.717, 1.165) is 9.32 Å². The van der Waals surface area contributed by atoms with Gasteiger partial charge in [0.25, 0.3) is 0 Å². The number of para-hydroxylation sites is 1. The Morgan fingerprint density at radius 3 is 2.58 bits per heavy atom. The third-order valence-electron chi connectivity index (χ3n) is 2.41. The van der Waals surface area contributed by atoms with Crippen LogP contribution < -0.4 is 9.47 Å². The molecule has 4 heteroatoms. The van der Waals surface area contributed by atoms with Crippen molar-refractivity contribution in [3.05, 3.63) is 57.7 Å². The molecule has 96 valence electrons. The Balaban J connectivity index is 1.81. The predicted molar refractivity (Wildman–Crippen MR) is 81.3 cm³/mol. The van der Waals surface area contributed by atoms with Gasteiger partial charge in [0.15, 0.2) is 0 Å². The standard InChI is InChI=1S/C15H12INO2/c16-14-6-1-2-7-15(14)19-9-8-18-13-5-3-4-12(10-13)11-17/h1-7,10H,8-9H2. The van der Waals surface area contributed by atoms with Crippen LogP contribution in [0.25, 0.3) is 0 Å². The van der Waals surface area contributed by atoms with Gasteiger partial charge in [0.2, 0.25) is 0 Å². The monoisotopic (exact) mass is 365 g/mol. The van der Waals surface area contributed by atoms with E-state index in [1.54, 1.807) is 18.2 Å². The average Bonchev–Trinajstić information content (AvgIpc) is 2.45. The van der Waals surface area contributed by atoms with Crippen LogP contribution in [0.1, 0.15) is 5.56 Å². The highest BCUT2D eigenvalue weighted by atomic mass is 127. The highest BCUT2D eigenvalue weighted by Gasteiger charge is 2.00. The number of halogens is 1. The van der Waals surface area contributed by atoms with Crippen molar-refractivity contribution in [1.82, 2.24) is 0 Å². The molecule has 3 nitrogen and oxygen atoms in total. The molecule has 0 aromatic heterocycles. The predicted octanol–water partition coefficient (Wildman–Crippen LogP) is 3.62. The van der Waals surface area contributed by atoms with Gasteiger partial charge in [-0.05, 0) is 52.9 Å². The van der Waals surface area contributed by atoms with Crippen LogP contribution in [-0.4, -0.2) is 13.2 Å². The van der Waals surface area contributed by atoms with Crippen LogP contribution in [0, 0.1) is 14.9 Å². The van der Waals surface area contributed by atoms with Crippen LogP contribution in [0.15, 0.2) is 48.5 Å². The molecule has 0 aliphatic carbocycles. The number of ether oxygens (including phenoxy) is 2. The fourth-order valence-corrected chi connectivity index (χ4v) is 2.07. The third-order valence-corrected chi connectivity index (χ3v) is 3.30. The molecule has 2 aromatic carbocycles. The van der Waals surface area contributed by atoms with E-state index in [-0.39, 0.29) is 0 Å². The van der Waals surface area contributed by atoms with Crippen LogP contribution in [-0.2, 0) is 0 Å². The number of rotatable bonds is 5. The Labute approximate surface area is 125 Å². The third kappa shape index (κ3) is 4.14. The molecule has 0 N–H and O–H groups in total. The van der Waals surface area contributed by atoms with Gasteiger partial charge in [0, 0.05) is 0 Å². The number of hydrogen-bond acceptors (Lipinski definition) is 3. The molecule has 0 unspecified atom stereocenters. The fraction of sp³-hybridized carbons (Fsp3) is 0.133. The lowest BCUT2D eigenvalue weighted by Gasteiger charge is -2.09. The Morgan fingerprint density at radius 1 is 1.00 bits per heavy atom. The highest BCUT2D eigenvalue weighted by Crippen LogP contribution is 2.19. The molecule has 0 fully saturated rings. The van der Waals surface area contributed by atoms with Gasteiger partial charge in [0.1, 0.15) is 24.7 Å². The maximum absolute atomic E-state index is 8.78. The van der Waals surface area contributed by atoms with Crippen molar-refractivity contribution in [1.29, 1.82) is 5.26 Å². The Morgan fingerprint density at radius 2 is 1.79 bits per heavy atom. The van der Waals surface area contributed by atoms with E-state index in [0.29, 0.717) is 24.5 Å². The number of nitrogens with zero attached hydrogens (tertiary/aromatic N) is 1. The fourth-order valence-electron chi connectivity index (χ4n) is 1.53. The lowest BCUT2D eigenvalue weighted by Crippen LogP contribution is -2.09. The van der Waals surface area contributed by atoms with E-state index in [4.69, 9.17) is 14.7 Å². The minimum atomic E-state index is 0.444. The van der Waals surface area contributed by atoms with E-state index in [1.807, 2.05) is 30.3 Å².